The van der Waals surface area contributed by atoms with Gasteiger partial charge in [-0.1, -0.05) is 36.4 Å². The van der Waals surface area contributed by atoms with E-state index < -0.39 is 29.3 Å². The SMILES string of the molecule is COc1ccc(/C(O)=C2\C(=O)C(=O)N(c3cccc(F)c3)C2c2cccc(Oc3ccccc3)c2)cc1OC. The van der Waals surface area contributed by atoms with E-state index in [0.29, 0.717) is 28.6 Å². The number of ether oxygens (including phenoxy) is 3. The molecule has 4 aromatic carbocycles. The highest BCUT2D eigenvalue weighted by Gasteiger charge is 2.47. The molecule has 1 N–H and O–H groups in total. The quantitative estimate of drug-likeness (QED) is 0.174. The van der Waals surface area contributed by atoms with Gasteiger partial charge in [0.15, 0.2) is 11.5 Å². The molecule has 0 saturated carbocycles. The van der Waals surface area contributed by atoms with Crippen LogP contribution in [-0.4, -0.2) is 31.0 Å². The van der Waals surface area contributed by atoms with E-state index >= 15 is 0 Å². The van der Waals surface area contributed by atoms with Crippen LogP contribution in [0.25, 0.3) is 5.76 Å². The van der Waals surface area contributed by atoms with Gasteiger partial charge in [0.05, 0.1) is 25.8 Å². The van der Waals surface area contributed by atoms with Gasteiger partial charge in [-0.05, 0) is 66.2 Å². The van der Waals surface area contributed by atoms with Gasteiger partial charge in [0.1, 0.15) is 23.1 Å². The summed E-state index contributed by atoms with van der Waals surface area (Å²) in [5.74, 6) is -0.990. The Bertz CT molecular complexity index is 1580. The molecular weight excluding hydrogens is 501 g/mol. The van der Waals surface area contributed by atoms with Crippen LogP contribution in [0, 0.1) is 5.82 Å². The van der Waals surface area contributed by atoms with Crippen molar-refractivity contribution in [2.75, 3.05) is 19.1 Å². The Kier molecular flexibility index (Phi) is 7.01. The van der Waals surface area contributed by atoms with E-state index in [0.717, 1.165) is 0 Å². The van der Waals surface area contributed by atoms with Crippen LogP contribution in [0.15, 0.2) is 103 Å². The van der Waals surface area contributed by atoms with Gasteiger partial charge in [-0.2, -0.15) is 0 Å². The van der Waals surface area contributed by atoms with Crippen molar-refractivity contribution in [1.82, 2.24) is 0 Å². The van der Waals surface area contributed by atoms with Gasteiger partial charge in [-0.25, -0.2) is 4.39 Å². The molecule has 1 atom stereocenters. The van der Waals surface area contributed by atoms with Crippen LogP contribution < -0.4 is 19.1 Å². The minimum absolute atomic E-state index is 0.159. The highest BCUT2D eigenvalue weighted by Crippen LogP contribution is 2.44. The predicted molar refractivity (Wildman–Crippen MR) is 144 cm³/mol. The molecule has 39 heavy (non-hydrogen) atoms. The molecule has 0 radical (unpaired) electrons. The number of halogens is 1. The molecule has 5 rings (SSSR count). The lowest BCUT2D eigenvalue weighted by Crippen LogP contribution is -2.29. The monoisotopic (exact) mass is 525 g/mol. The number of benzene rings is 4. The van der Waals surface area contributed by atoms with E-state index in [9.17, 15) is 19.1 Å². The number of para-hydroxylation sites is 1. The van der Waals surface area contributed by atoms with Crippen molar-refractivity contribution in [3.8, 4) is 23.0 Å². The number of methoxy groups -OCH3 is 2. The molecule has 1 heterocycles. The third kappa shape index (κ3) is 4.92. The first-order valence-electron chi connectivity index (χ1n) is 12.0. The standard InChI is InChI=1S/C31H24FNO6/c1-37-25-15-14-20(17-26(25)38-2)29(34)27-28(33(31(36)30(27)35)22-10-7-9-21(32)18-22)19-8-6-13-24(16-19)39-23-11-4-3-5-12-23/h3-18,28,34H,1-2H3/b29-27+. The van der Waals surface area contributed by atoms with Crippen LogP contribution in [-0.2, 0) is 9.59 Å². The summed E-state index contributed by atoms with van der Waals surface area (Å²) < 4.78 is 30.8. The Balaban J connectivity index is 1.68. The number of carbonyl (C=O) groups is 2. The number of ketones is 1. The second-order valence-corrected chi connectivity index (χ2v) is 8.71. The van der Waals surface area contributed by atoms with Crippen LogP contribution in [0.5, 0.6) is 23.0 Å². The zero-order chi connectivity index (χ0) is 27.5. The molecule has 1 saturated heterocycles. The maximum atomic E-state index is 14.2. The van der Waals surface area contributed by atoms with Crippen molar-refractivity contribution >= 4 is 23.1 Å². The highest BCUT2D eigenvalue weighted by atomic mass is 19.1. The molecule has 4 aromatic rings. The van der Waals surface area contributed by atoms with Gasteiger partial charge >= 0.3 is 0 Å². The average Bonchev–Trinajstić information content (AvgIpc) is 3.23. The zero-order valence-electron chi connectivity index (χ0n) is 21.1. The van der Waals surface area contributed by atoms with Gasteiger partial charge in [0, 0.05) is 11.3 Å². The number of amides is 1. The summed E-state index contributed by atoms with van der Waals surface area (Å²) in [7, 11) is 2.93. The second-order valence-electron chi connectivity index (χ2n) is 8.71. The summed E-state index contributed by atoms with van der Waals surface area (Å²) in [5, 5.41) is 11.4. The fourth-order valence-corrected chi connectivity index (χ4v) is 4.55. The Hall–Kier alpha value is -5.11. The molecule has 196 valence electrons. The number of anilines is 1. The maximum absolute atomic E-state index is 14.2. The summed E-state index contributed by atoms with van der Waals surface area (Å²) >= 11 is 0. The molecule has 8 heteroatoms. The van der Waals surface area contributed by atoms with Gasteiger partial charge in [-0.3, -0.25) is 14.5 Å². The summed E-state index contributed by atoms with van der Waals surface area (Å²) in [6, 6.07) is 24.9. The van der Waals surface area contributed by atoms with E-state index in [4.69, 9.17) is 14.2 Å². The Labute approximate surface area is 224 Å². The number of aliphatic hydroxyl groups is 1. The van der Waals surface area contributed by atoms with Crippen molar-refractivity contribution < 1.29 is 33.3 Å². The summed E-state index contributed by atoms with van der Waals surface area (Å²) in [5.41, 5.74) is 0.733. The first-order chi connectivity index (χ1) is 18.9. The number of rotatable bonds is 7. The first-order valence-corrected chi connectivity index (χ1v) is 12.0. The summed E-state index contributed by atoms with van der Waals surface area (Å²) in [6.45, 7) is 0. The van der Waals surface area contributed by atoms with Crippen LogP contribution >= 0.6 is 0 Å². The van der Waals surface area contributed by atoms with Gasteiger partial charge < -0.3 is 19.3 Å². The van der Waals surface area contributed by atoms with E-state index in [-0.39, 0.29) is 16.8 Å². The minimum Gasteiger partial charge on any atom is -0.507 e. The van der Waals surface area contributed by atoms with Crippen LogP contribution in [0.2, 0.25) is 0 Å². The molecule has 1 aliphatic rings. The highest BCUT2D eigenvalue weighted by molar-refractivity contribution is 6.51. The Morgan fingerprint density at radius 2 is 1.51 bits per heavy atom. The fraction of sp³-hybridized carbons (Fsp3) is 0.0968. The van der Waals surface area contributed by atoms with E-state index in [1.165, 1.54) is 49.5 Å². The summed E-state index contributed by atoms with van der Waals surface area (Å²) in [6.07, 6.45) is 0. The van der Waals surface area contributed by atoms with Gasteiger partial charge in [0.25, 0.3) is 11.7 Å². The number of hydrogen-bond donors (Lipinski definition) is 1. The largest absolute Gasteiger partial charge is 0.507 e. The van der Waals surface area contributed by atoms with Crippen LogP contribution in [0.3, 0.4) is 0 Å². The number of carbonyl (C=O) groups excluding carboxylic acids is 2. The number of Topliss-reactive ketones (excluding diaryl/α,β-unsaturated/α-hetero) is 1. The molecule has 1 amide bonds. The van der Waals surface area contributed by atoms with Gasteiger partial charge in [-0.15, -0.1) is 0 Å². The van der Waals surface area contributed by atoms with E-state index in [1.54, 1.807) is 48.5 Å². The lowest BCUT2D eigenvalue weighted by molar-refractivity contribution is -0.132. The molecule has 1 aliphatic heterocycles. The Morgan fingerprint density at radius 3 is 2.23 bits per heavy atom. The average molecular weight is 526 g/mol. The fourth-order valence-electron chi connectivity index (χ4n) is 4.55. The molecule has 0 aliphatic carbocycles. The lowest BCUT2D eigenvalue weighted by atomic mass is 9.94. The third-order valence-electron chi connectivity index (χ3n) is 6.34. The van der Waals surface area contributed by atoms with Gasteiger partial charge in [0.2, 0.25) is 0 Å². The minimum atomic E-state index is -1.07. The lowest BCUT2D eigenvalue weighted by Gasteiger charge is -2.26. The van der Waals surface area contributed by atoms with Crippen molar-refractivity contribution in [2.45, 2.75) is 6.04 Å². The van der Waals surface area contributed by atoms with E-state index in [2.05, 4.69) is 0 Å². The molecule has 0 spiro atoms. The van der Waals surface area contributed by atoms with Crippen LogP contribution in [0.1, 0.15) is 17.2 Å². The number of aliphatic hydroxyl groups excluding tert-OH is 1. The van der Waals surface area contributed by atoms with Crippen LogP contribution in [0.4, 0.5) is 10.1 Å². The first kappa shape index (κ1) is 25.5. The van der Waals surface area contributed by atoms with Crippen molar-refractivity contribution in [1.29, 1.82) is 0 Å². The van der Waals surface area contributed by atoms with E-state index in [1.807, 2.05) is 18.2 Å². The molecule has 1 fully saturated rings. The topological polar surface area (TPSA) is 85.3 Å². The predicted octanol–water partition coefficient (Wildman–Crippen LogP) is 6.26. The zero-order valence-corrected chi connectivity index (χ0v) is 21.1. The second kappa shape index (κ2) is 10.7. The molecule has 0 aromatic heterocycles. The molecular formula is C31H24FNO6. The van der Waals surface area contributed by atoms with Crippen molar-refractivity contribution in [3.05, 3.63) is 120 Å². The van der Waals surface area contributed by atoms with Crippen molar-refractivity contribution in [3.63, 3.8) is 0 Å². The molecule has 0 bridgehead atoms. The normalized spacial score (nSPS) is 16.3. The summed E-state index contributed by atoms with van der Waals surface area (Å²) in [4.78, 5) is 28.0. The smallest absolute Gasteiger partial charge is 0.300 e. The Morgan fingerprint density at radius 1 is 0.795 bits per heavy atom. The van der Waals surface area contributed by atoms with Crippen molar-refractivity contribution in [2.24, 2.45) is 0 Å². The number of hydrogen-bond acceptors (Lipinski definition) is 6. The molecule has 1 unspecified atom stereocenters. The molecule has 7 nitrogen and oxygen atoms in total. The third-order valence-corrected chi connectivity index (χ3v) is 6.34. The number of nitrogens with zero attached hydrogens (tertiary/aromatic N) is 1. The maximum Gasteiger partial charge on any atom is 0.300 e.